The number of hydrogen-bond acceptors (Lipinski definition) is 3. The second-order valence-electron chi connectivity index (χ2n) is 2.36. The van der Waals surface area contributed by atoms with E-state index < -0.39 is 0 Å². The first kappa shape index (κ1) is 7.98. The number of carbonyl (C=O) groups excluding carboxylic acids is 1. The molecule has 0 saturated carbocycles. The van der Waals surface area contributed by atoms with Gasteiger partial charge < -0.3 is 0 Å². The molecule has 2 rings (SSSR count). The fraction of sp³-hybridized carbons (Fsp3) is 0. The second kappa shape index (κ2) is 3.01. The molecule has 0 aliphatic carbocycles. The van der Waals surface area contributed by atoms with Gasteiger partial charge in [-0.05, 0) is 12.1 Å². The summed E-state index contributed by atoms with van der Waals surface area (Å²) in [6.45, 7) is 0. The Bertz CT molecular complexity index is 499. The van der Waals surface area contributed by atoms with Crippen LogP contribution in [0.4, 0.5) is 5.82 Å². The summed E-state index contributed by atoms with van der Waals surface area (Å²) >= 11 is 5.82. The van der Waals surface area contributed by atoms with Crippen LogP contribution < -0.4 is 0 Å². The quantitative estimate of drug-likeness (QED) is 0.513. The standard InChI is InChI=1S/C8H4ClN3O/c9-6-4-10-7-2-1-3-8(11-5-13)12(6)7/h1-4H. The van der Waals surface area contributed by atoms with E-state index in [0.717, 1.165) is 0 Å². The van der Waals surface area contributed by atoms with Gasteiger partial charge in [-0.1, -0.05) is 17.7 Å². The number of nitrogens with zero attached hydrogens (tertiary/aromatic N) is 3. The Hall–Kier alpha value is -1.64. The van der Waals surface area contributed by atoms with Gasteiger partial charge in [-0.15, -0.1) is 4.99 Å². The molecule has 13 heavy (non-hydrogen) atoms. The number of aliphatic imine (C=N–C) groups is 1. The molecule has 64 valence electrons. The maximum Gasteiger partial charge on any atom is 0.242 e. The third kappa shape index (κ3) is 1.22. The number of rotatable bonds is 1. The van der Waals surface area contributed by atoms with Gasteiger partial charge in [0, 0.05) is 0 Å². The molecule has 0 spiro atoms. The Morgan fingerprint density at radius 1 is 1.54 bits per heavy atom. The molecule has 0 atom stereocenters. The van der Waals surface area contributed by atoms with E-state index in [2.05, 4.69) is 9.98 Å². The van der Waals surface area contributed by atoms with Crippen molar-refractivity contribution in [3.05, 3.63) is 29.5 Å². The van der Waals surface area contributed by atoms with Crippen molar-refractivity contribution in [3.63, 3.8) is 0 Å². The monoisotopic (exact) mass is 193 g/mol. The molecule has 0 aliphatic heterocycles. The first-order valence-electron chi connectivity index (χ1n) is 3.53. The molecule has 4 nitrogen and oxygen atoms in total. The zero-order valence-corrected chi connectivity index (χ0v) is 7.19. The molecule has 5 heteroatoms. The number of aromatic nitrogens is 2. The largest absolute Gasteiger partial charge is 0.266 e. The average Bonchev–Trinajstić information content (AvgIpc) is 2.50. The van der Waals surface area contributed by atoms with Gasteiger partial charge >= 0.3 is 0 Å². The van der Waals surface area contributed by atoms with E-state index in [1.54, 1.807) is 22.6 Å². The summed E-state index contributed by atoms with van der Waals surface area (Å²) in [6, 6.07) is 5.18. The molecule has 2 aromatic heterocycles. The molecule has 0 saturated heterocycles. The highest BCUT2D eigenvalue weighted by Gasteiger charge is 2.03. The van der Waals surface area contributed by atoms with Crippen molar-refractivity contribution in [2.24, 2.45) is 4.99 Å². The first-order valence-corrected chi connectivity index (χ1v) is 3.90. The summed E-state index contributed by atoms with van der Waals surface area (Å²) in [5.41, 5.74) is 0.654. The lowest BCUT2D eigenvalue weighted by molar-refractivity contribution is 0.565. The summed E-state index contributed by atoms with van der Waals surface area (Å²) < 4.78 is 1.56. The normalized spacial score (nSPS) is 9.92. The summed E-state index contributed by atoms with van der Waals surface area (Å²) in [6.07, 6.45) is 2.96. The minimum absolute atomic E-state index is 0.421. The van der Waals surface area contributed by atoms with Crippen molar-refractivity contribution in [2.45, 2.75) is 0 Å². The smallest absolute Gasteiger partial charge is 0.242 e. The zero-order chi connectivity index (χ0) is 9.26. The molecule has 0 N–H and O–H groups in total. The van der Waals surface area contributed by atoms with E-state index in [1.165, 1.54) is 12.3 Å². The lowest BCUT2D eigenvalue weighted by Crippen LogP contribution is -1.84. The van der Waals surface area contributed by atoms with Gasteiger partial charge in [-0.2, -0.15) is 0 Å². The molecule has 0 aromatic carbocycles. The molecule has 0 amide bonds. The van der Waals surface area contributed by atoms with Crippen LogP contribution in [0, 0.1) is 0 Å². The fourth-order valence-electron chi connectivity index (χ4n) is 1.12. The summed E-state index contributed by atoms with van der Waals surface area (Å²) in [5.74, 6) is 0.426. The third-order valence-electron chi connectivity index (χ3n) is 1.63. The van der Waals surface area contributed by atoms with Crippen LogP contribution in [0.3, 0.4) is 0 Å². The van der Waals surface area contributed by atoms with Crippen LogP contribution in [-0.2, 0) is 4.79 Å². The van der Waals surface area contributed by atoms with Gasteiger partial charge in [0.2, 0.25) is 6.08 Å². The summed E-state index contributed by atoms with van der Waals surface area (Å²) in [7, 11) is 0. The minimum atomic E-state index is 0.421. The molecule has 0 bridgehead atoms. The SMILES string of the molecule is O=C=Nc1cccc2ncc(Cl)n12. The lowest BCUT2D eigenvalue weighted by Gasteiger charge is -1.97. The number of hydrogen-bond donors (Lipinski definition) is 0. The van der Waals surface area contributed by atoms with Crippen LogP contribution >= 0.6 is 11.6 Å². The van der Waals surface area contributed by atoms with E-state index in [0.29, 0.717) is 16.6 Å². The Balaban J connectivity index is 2.87. The Morgan fingerprint density at radius 3 is 3.15 bits per heavy atom. The van der Waals surface area contributed by atoms with Crippen LogP contribution in [0.1, 0.15) is 0 Å². The van der Waals surface area contributed by atoms with Gasteiger partial charge in [-0.25, -0.2) is 9.78 Å². The van der Waals surface area contributed by atoms with Crippen LogP contribution in [0.15, 0.2) is 29.4 Å². The highest BCUT2D eigenvalue weighted by atomic mass is 35.5. The second-order valence-corrected chi connectivity index (χ2v) is 2.75. The predicted octanol–water partition coefficient (Wildman–Crippen LogP) is 1.95. The van der Waals surface area contributed by atoms with E-state index in [4.69, 9.17) is 11.6 Å². The molecule has 0 fully saturated rings. The molecular formula is C8H4ClN3O. The highest BCUT2D eigenvalue weighted by molar-refractivity contribution is 6.29. The van der Waals surface area contributed by atoms with Gasteiger partial charge in [0.15, 0.2) is 5.82 Å². The predicted molar refractivity (Wildman–Crippen MR) is 48.0 cm³/mol. The average molecular weight is 194 g/mol. The van der Waals surface area contributed by atoms with Crippen molar-refractivity contribution < 1.29 is 4.79 Å². The van der Waals surface area contributed by atoms with Crippen molar-refractivity contribution in [3.8, 4) is 0 Å². The van der Waals surface area contributed by atoms with E-state index in [9.17, 15) is 4.79 Å². The molecular weight excluding hydrogens is 190 g/mol. The van der Waals surface area contributed by atoms with E-state index in [1.807, 2.05) is 0 Å². The molecule has 2 aromatic rings. The van der Waals surface area contributed by atoms with Gasteiger partial charge in [-0.3, -0.25) is 4.40 Å². The van der Waals surface area contributed by atoms with Crippen molar-refractivity contribution in [1.29, 1.82) is 0 Å². The van der Waals surface area contributed by atoms with Crippen LogP contribution in [-0.4, -0.2) is 15.5 Å². The van der Waals surface area contributed by atoms with Crippen LogP contribution in [0.25, 0.3) is 5.65 Å². The Morgan fingerprint density at radius 2 is 2.38 bits per heavy atom. The van der Waals surface area contributed by atoms with Crippen molar-refractivity contribution in [2.75, 3.05) is 0 Å². The van der Waals surface area contributed by atoms with Gasteiger partial charge in [0.1, 0.15) is 10.8 Å². The zero-order valence-electron chi connectivity index (χ0n) is 6.44. The molecule has 0 radical (unpaired) electrons. The fourth-order valence-corrected chi connectivity index (χ4v) is 1.34. The number of halogens is 1. The van der Waals surface area contributed by atoms with E-state index >= 15 is 0 Å². The maximum atomic E-state index is 10.1. The van der Waals surface area contributed by atoms with Crippen molar-refractivity contribution in [1.82, 2.24) is 9.38 Å². The summed E-state index contributed by atoms with van der Waals surface area (Å²) in [4.78, 5) is 17.6. The molecule has 2 heterocycles. The number of isocyanates is 1. The Kier molecular flexibility index (Phi) is 1.85. The van der Waals surface area contributed by atoms with Gasteiger partial charge in [0.05, 0.1) is 6.20 Å². The Labute approximate surface area is 78.5 Å². The highest BCUT2D eigenvalue weighted by Crippen LogP contribution is 2.20. The maximum absolute atomic E-state index is 10.1. The van der Waals surface area contributed by atoms with Crippen molar-refractivity contribution >= 4 is 29.1 Å². The summed E-state index contributed by atoms with van der Waals surface area (Å²) in [5, 5.41) is 0.421. The van der Waals surface area contributed by atoms with Crippen LogP contribution in [0.2, 0.25) is 5.15 Å². The molecule has 0 unspecified atom stereocenters. The van der Waals surface area contributed by atoms with E-state index in [-0.39, 0.29) is 0 Å². The third-order valence-corrected chi connectivity index (χ3v) is 1.89. The van der Waals surface area contributed by atoms with Gasteiger partial charge in [0.25, 0.3) is 0 Å². The lowest BCUT2D eigenvalue weighted by atomic mass is 10.4. The topological polar surface area (TPSA) is 46.7 Å². The minimum Gasteiger partial charge on any atom is -0.266 e. The number of pyridine rings is 1. The number of fused-ring (bicyclic) bond motifs is 1. The van der Waals surface area contributed by atoms with Crippen LogP contribution in [0.5, 0.6) is 0 Å². The number of imidazole rings is 1. The first-order chi connectivity index (χ1) is 6.33. The molecule has 0 aliphatic rings.